The number of fused-ring (bicyclic) bond motifs is 1. The summed E-state index contributed by atoms with van der Waals surface area (Å²) in [4.78, 5) is 4.13. The van der Waals surface area contributed by atoms with Gasteiger partial charge in [-0.3, -0.25) is 4.98 Å². The van der Waals surface area contributed by atoms with Gasteiger partial charge in [0.2, 0.25) is 0 Å². The molecule has 2 rings (SSSR count). The van der Waals surface area contributed by atoms with Crippen molar-refractivity contribution in [2.45, 2.75) is 6.92 Å². The van der Waals surface area contributed by atoms with E-state index in [9.17, 15) is 0 Å². The largest absolute Gasteiger partial charge is 0.384 e. The van der Waals surface area contributed by atoms with Gasteiger partial charge in [-0.25, -0.2) is 0 Å². The summed E-state index contributed by atoms with van der Waals surface area (Å²) < 4.78 is 5.13. The van der Waals surface area contributed by atoms with Gasteiger partial charge in [0.05, 0.1) is 6.61 Å². The molecular weight excluding hydrogens is 212 g/mol. The zero-order valence-electron chi connectivity index (χ0n) is 10.3. The maximum Gasteiger partial charge on any atom is 0.0504 e. The Hall–Kier alpha value is -1.61. The van der Waals surface area contributed by atoms with E-state index < -0.39 is 0 Å². The Kier molecular flexibility index (Phi) is 3.94. The van der Waals surface area contributed by atoms with Gasteiger partial charge in [0.1, 0.15) is 0 Å². The first-order valence-electron chi connectivity index (χ1n) is 5.87. The fraction of sp³-hybridized carbons (Fsp3) is 0.357. The molecule has 1 aromatic carbocycles. The smallest absolute Gasteiger partial charge is 0.0504 e. The fourth-order valence-electron chi connectivity index (χ4n) is 1.90. The van der Waals surface area contributed by atoms with Crippen LogP contribution in [0.5, 0.6) is 0 Å². The molecule has 3 heteroatoms. The van der Waals surface area contributed by atoms with Gasteiger partial charge in [-0.1, -0.05) is 19.1 Å². The predicted molar refractivity (Wildman–Crippen MR) is 71.3 cm³/mol. The van der Waals surface area contributed by atoms with Gasteiger partial charge in [-0.2, -0.15) is 0 Å². The predicted octanol–water partition coefficient (Wildman–Crippen LogP) is 2.93. The van der Waals surface area contributed by atoms with Crippen LogP contribution < -0.4 is 5.32 Å². The second kappa shape index (κ2) is 5.64. The third kappa shape index (κ3) is 2.94. The van der Waals surface area contributed by atoms with E-state index in [-0.39, 0.29) is 0 Å². The lowest BCUT2D eigenvalue weighted by molar-refractivity contribution is 0.164. The molecule has 2 aromatic rings. The van der Waals surface area contributed by atoms with Crippen LogP contribution in [0.25, 0.3) is 10.8 Å². The van der Waals surface area contributed by atoms with Gasteiger partial charge in [0.25, 0.3) is 0 Å². The van der Waals surface area contributed by atoms with Crippen molar-refractivity contribution in [3.8, 4) is 0 Å². The zero-order chi connectivity index (χ0) is 12.1. The Bertz CT molecular complexity index is 479. The first kappa shape index (κ1) is 11.9. The molecule has 0 spiro atoms. The molecule has 1 unspecified atom stereocenters. The molecule has 1 heterocycles. The summed E-state index contributed by atoms with van der Waals surface area (Å²) in [6.45, 7) is 3.86. The first-order valence-corrected chi connectivity index (χ1v) is 5.87. The van der Waals surface area contributed by atoms with Crippen molar-refractivity contribution in [2.24, 2.45) is 5.92 Å². The number of aromatic nitrogens is 1. The van der Waals surface area contributed by atoms with E-state index >= 15 is 0 Å². The Morgan fingerprint density at radius 2 is 2.24 bits per heavy atom. The van der Waals surface area contributed by atoms with Gasteiger partial charge in [0, 0.05) is 42.5 Å². The summed E-state index contributed by atoms with van der Waals surface area (Å²) >= 11 is 0. The molecule has 0 fully saturated rings. The highest BCUT2D eigenvalue weighted by atomic mass is 16.5. The van der Waals surface area contributed by atoms with Crippen molar-refractivity contribution in [3.63, 3.8) is 0 Å². The van der Waals surface area contributed by atoms with Crippen molar-refractivity contribution in [1.29, 1.82) is 0 Å². The molecule has 1 atom stereocenters. The summed E-state index contributed by atoms with van der Waals surface area (Å²) in [5, 5.41) is 5.84. The SMILES string of the molecule is COCC(C)CNc1cccc2cnccc12. The monoisotopic (exact) mass is 230 g/mol. The average Bonchev–Trinajstić information content (AvgIpc) is 2.36. The van der Waals surface area contributed by atoms with Crippen LogP contribution >= 0.6 is 0 Å². The van der Waals surface area contributed by atoms with Crippen molar-refractivity contribution < 1.29 is 4.74 Å². The first-order chi connectivity index (χ1) is 8.31. The molecule has 0 amide bonds. The van der Waals surface area contributed by atoms with Crippen LogP contribution in [0.2, 0.25) is 0 Å². The molecule has 0 aliphatic heterocycles. The minimum atomic E-state index is 0.497. The van der Waals surface area contributed by atoms with Gasteiger partial charge < -0.3 is 10.1 Å². The number of nitrogens with one attached hydrogen (secondary N) is 1. The number of anilines is 1. The number of pyridine rings is 1. The minimum absolute atomic E-state index is 0.497. The standard InChI is InChI=1S/C14H18N2O/c1-11(10-17-2)8-16-14-5-3-4-12-9-15-7-6-13(12)14/h3-7,9,11,16H,8,10H2,1-2H3. The highest BCUT2D eigenvalue weighted by molar-refractivity contribution is 5.93. The van der Waals surface area contributed by atoms with Gasteiger partial charge in [0.15, 0.2) is 0 Å². The normalized spacial score (nSPS) is 12.6. The summed E-state index contributed by atoms with van der Waals surface area (Å²) in [7, 11) is 1.74. The number of nitrogens with zero attached hydrogens (tertiary/aromatic N) is 1. The number of hydrogen-bond donors (Lipinski definition) is 1. The molecule has 90 valence electrons. The molecule has 3 nitrogen and oxygen atoms in total. The van der Waals surface area contributed by atoms with Crippen molar-refractivity contribution >= 4 is 16.5 Å². The van der Waals surface area contributed by atoms with Gasteiger partial charge in [-0.15, -0.1) is 0 Å². The molecular formula is C14H18N2O. The molecule has 1 N–H and O–H groups in total. The molecule has 17 heavy (non-hydrogen) atoms. The maximum atomic E-state index is 5.13. The highest BCUT2D eigenvalue weighted by Crippen LogP contribution is 2.22. The van der Waals surface area contributed by atoms with Crippen LogP contribution in [-0.2, 0) is 4.74 Å². The molecule has 0 saturated carbocycles. The summed E-state index contributed by atoms with van der Waals surface area (Å²) in [6, 6.07) is 8.26. The van der Waals surface area contributed by atoms with Crippen molar-refractivity contribution in [3.05, 3.63) is 36.7 Å². The number of hydrogen-bond acceptors (Lipinski definition) is 3. The lowest BCUT2D eigenvalue weighted by Crippen LogP contribution is -2.15. The topological polar surface area (TPSA) is 34.1 Å². The molecule has 1 aromatic heterocycles. The molecule has 0 bridgehead atoms. The quantitative estimate of drug-likeness (QED) is 0.857. The maximum absolute atomic E-state index is 5.13. The van der Waals surface area contributed by atoms with Crippen LogP contribution in [0.1, 0.15) is 6.92 Å². The van der Waals surface area contributed by atoms with Crippen LogP contribution in [0.3, 0.4) is 0 Å². The lowest BCUT2D eigenvalue weighted by atomic mass is 10.1. The zero-order valence-corrected chi connectivity index (χ0v) is 10.3. The van der Waals surface area contributed by atoms with Crippen molar-refractivity contribution in [1.82, 2.24) is 4.98 Å². The fourth-order valence-corrected chi connectivity index (χ4v) is 1.90. The highest BCUT2D eigenvalue weighted by Gasteiger charge is 2.03. The average molecular weight is 230 g/mol. The summed E-state index contributed by atoms with van der Waals surface area (Å²) in [5.74, 6) is 0.497. The second-order valence-corrected chi connectivity index (χ2v) is 4.34. The minimum Gasteiger partial charge on any atom is -0.384 e. The number of rotatable bonds is 5. The summed E-state index contributed by atoms with van der Waals surface area (Å²) in [6.07, 6.45) is 3.71. The van der Waals surface area contributed by atoms with Crippen LogP contribution in [-0.4, -0.2) is 25.2 Å². The van der Waals surface area contributed by atoms with Crippen molar-refractivity contribution in [2.75, 3.05) is 25.6 Å². The van der Waals surface area contributed by atoms with E-state index in [0.29, 0.717) is 5.92 Å². The third-order valence-electron chi connectivity index (χ3n) is 2.77. The van der Waals surface area contributed by atoms with E-state index in [1.807, 2.05) is 24.5 Å². The third-order valence-corrected chi connectivity index (χ3v) is 2.77. The van der Waals surface area contributed by atoms with E-state index in [4.69, 9.17) is 4.74 Å². The Labute approximate surface area is 102 Å². The molecule has 0 aliphatic carbocycles. The Balaban J connectivity index is 2.13. The Morgan fingerprint density at radius 3 is 3.06 bits per heavy atom. The number of methoxy groups -OCH3 is 1. The van der Waals surface area contributed by atoms with E-state index in [2.05, 4.69) is 29.4 Å². The molecule has 0 aliphatic rings. The van der Waals surface area contributed by atoms with Crippen LogP contribution in [0.15, 0.2) is 36.7 Å². The molecule has 0 saturated heterocycles. The number of ether oxygens (including phenoxy) is 1. The summed E-state index contributed by atoms with van der Waals surface area (Å²) in [5.41, 5.74) is 1.16. The van der Waals surface area contributed by atoms with Crippen LogP contribution in [0, 0.1) is 5.92 Å². The van der Waals surface area contributed by atoms with Crippen LogP contribution in [0.4, 0.5) is 5.69 Å². The number of benzene rings is 1. The van der Waals surface area contributed by atoms with Gasteiger partial charge in [-0.05, 0) is 18.1 Å². The van der Waals surface area contributed by atoms with Gasteiger partial charge >= 0.3 is 0 Å². The molecule has 0 radical (unpaired) electrons. The lowest BCUT2D eigenvalue weighted by Gasteiger charge is -2.14. The second-order valence-electron chi connectivity index (χ2n) is 4.34. The van der Waals surface area contributed by atoms with E-state index in [0.717, 1.165) is 24.2 Å². The Morgan fingerprint density at radius 1 is 1.35 bits per heavy atom. The van der Waals surface area contributed by atoms with E-state index in [1.165, 1.54) is 5.39 Å². The van der Waals surface area contributed by atoms with E-state index in [1.54, 1.807) is 7.11 Å².